The van der Waals surface area contributed by atoms with Gasteiger partial charge in [-0.05, 0) is 47.9 Å². The fourth-order valence-corrected chi connectivity index (χ4v) is 4.58. The molecule has 0 saturated carbocycles. The van der Waals surface area contributed by atoms with Gasteiger partial charge in [-0.25, -0.2) is 13.4 Å². The van der Waals surface area contributed by atoms with E-state index in [0.717, 1.165) is 22.4 Å². The van der Waals surface area contributed by atoms with Crippen LogP contribution in [0.1, 0.15) is 24.1 Å². The highest BCUT2D eigenvalue weighted by Crippen LogP contribution is 2.21. The zero-order chi connectivity index (χ0) is 24.1. The van der Waals surface area contributed by atoms with E-state index in [-0.39, 0.29) is 23.3 Å². The van der Waals surface area contributed by atoms with E-state index in [4.69, 9.17) is 5.73 Å². The lowest BCUT2D eigenvalue weighted by molar-refractivity contribution is -0.121. The predicted molar refractivity (Wildman–Crippen MR) is 132 cm³/mol. The Morgan fingerprint density at radius 2 is 1.68 bits per heavy atom. The Labute approximate surface area is 198 Å². The molecule has 0 radical (unpaired) electrons. The highest BCUT2D eigenvalue weighted by molar-refractivity contribution is 7.92. The highest BCUT2D eigenvalue weighted by Gasteiger charge is 2.14. The fraction of sp³-hybridized carbons (Fsp3) is 0.120. The van der Waals surface area contributed by atoms with Crippen molar-refractivity contribution < 1.29 is 13.2 Å². The maximum absolute atomic E-state index is 12.5. The number of imidazole rings is 1. The molecular formula is C25H25N5O3S. The molecule has 8 nitrogen and oxygen atoms in total. The summed E-state index contributed by atoms with van der Waals surface area (Å²) in [5.41, 5.74) is 9.59. The summed E-state index contributed by atoms with van der Waals surface area (Å²) in [4.78, 5) is 19.7. The highest BCUT2D eigenvalue weighted by atomic mass is 32.2. The predicted octanol–water partition coefficient (Wildman–Crippen LogP) is 3.88. The number of rotatable bonds is 8. The van der Waals surface area contributed by atoms with Crippen molar-refractivity contribution in [3.63, 3.8) is 0 Å². The Kier molecular flexibility index (Phi) is 6.65. The lowest BCUT2D eigenvalue weighted by Gasteiger charge is -2.15. The zero-order valence-electron chi connectivity index (χ0n) is 18.5. The van der Waals surface area contributed by atoms with Crippen LogP contribution in [0.2, 0.25) is 0 Å². The Hall–Kier alpha value is -4.11. The van der Waals surface area contributed by atoms with Gasteiger partial charge in [0.2, 0.25) is 5.91 Å². The molecule has 1 atom stereocenters. The minimum Gasteiger partial charge on any atom is -0.369 e. The van der Waals surface area contributed by atoms with Gasteiger partial charge < -0.3 is 16.0 Å². The van der Waals surface area contributed by atoms with Gasteiger partial charge >= 0.3 is 0 Å². The zero-order valence-corrected chi connectivity index (χ0v) is 19.3. The first kappa shape index (κ1) is 23.1. The van der Waals surface area contributed by atoms with Crippen molar-refractivity contribution in [2.75, 3.05) is 10.5 Å². The van der Waals surface area contributed by atoms with Gasteiger partial charge in [-0.15, -0.1) is 0 Å². The number of hydrogen-bond acceptors (Lipinski definition) is 5. The maximum Gasteiger partial charge on any atom is 0.261 e. The lowest BCUT2D eigenvalue weighted by Crippen LogP contribution is -2.28. The fourth-order valence-electron chi connectivity index (χ4n) is 3.50. The van der Waals surface area contributed by atoms with Crippen LogP contribution in [0.4, 0.5) is 11.6 Å². The number of nitrogens with one attached hydrogen (secondary N) is 3. The molecule has 0 aliphatic carbocycles. The first-order chi connectivity index (χ1) is 16.3. The minimum atomic E-state index is -3.66. The monoisotopic (exact) mass is 475 g/mol. The van der Waals surface area contributed by atoms with Crippen molar-refractivity contribution in [2.24, 2.45) is 0 Å². The molecule has 1 aromatic heterocycles. The Balaban J connectivity index is 1.33. The summed E-state index contributed by atoms with van der Waals surface area (Å²) in [6.07, 6.45) is 1.86. The van der Waals surface area contributed by atoms with Gasteiger partial charge in [-0.2, -0.15) is 0 Å². The summed E-state index contributed by atoms with van der Waals surface area (Å²) < 4.78 is 27.4. The van der Waals surface area contributed by atoms with Crippen LogP contribution in [0.25, 0.3) is 11.3 Å². The number of sulfonamides is 1. The van der Waals surface area contributed by atoms with Gasteiger partial charge in [-0.3, -0.25) is 9.52 Å². The Morgan fingerprint density at radius 1 is 1.00 bits per heavy atom. The number of carbonyl (C=O) groups is 1. The molecule has 0 saturated heterocycles. The molecule has 1 heterocycles. The molecule has 4 rings (SSSR count). The van der Waals surface area contributed by atoms with Gasteiger partial charge in [0.25, 0.3) is 10.0 Å². The second-order valence-electron chi connectivity index (χ2n) is 7.89. The molecule has 0 fully saturated rings. The molecule has 34 heavy (non-hydrogen) atoms. The number of hydrogen-bond donors (Lipinski definition) is 4. The van der Waals surface area contributed by atoms with E-state index in [9.17, 15) is 13.2 Å². The summed E-state index contributed by atoms with van der Waals surface area (Å²) in [6.45, 7) is 1.92. The van der Waals surface area contributed by atoms with Crippen molar-refractivity contribution in [2.45, 2.75) is 24.3 Å². The van der Waals surface area contributed by atoms with Crippen molar-refractivity contribution >= 4 is 27.6 Å². The van der Waals surface area contributed by atoms with Crippen LogP contribution < -0.4 is 15.8 Å². The van der Waals surface area contributed by atoms with Gasteiger partial charge in [-0.1, -0.05) is 54.6 Å². The van der Waals surface area contributed by atoms with Crippen LogP contribution in [0.15, 0.2) is 90.0 Å². The average Bonchev–Trinajstić information content (AvgIpc) is 3.27. The summed E-state index contributed by atoms with van der Waals surface area (Å²) in [5, 5.41) is 2.99. The molecule has 1 amide bonds. The first-order valence-electron chi connectivity index (χ1n) is 10.7. The van der Waals surface area contributed by atoms with E-state index >= 15 is 0 Å². The third kappa shape index (κ3) is 5.62. The van der Waals surface area contributed by atoms with E-state index in [2.05, 4.69) is 20.0 Å². The Bertz CT molecular complexity index is 1370. The SMILES string of the molecule is C[C@H](NC(=O)Cc1ccc(NS(=O)(=O)c2ccccc2)cc1)c1ccc(-c2cnc(N)[nH]2)cc1. The first-order valence-corrected chi connectivity index (χ1v) is 12.2. The molecule has 9 heteroatoms. The lowest BCUT2D eigenvalue weighted by atomic mass is 10.0. The van der Waals surface area contributed by atoms with Crippen LogP contribution in [0.5, 0.6) is 0 Å². The second kappa shape index (κ2) is 9.80. The minimum absolute atomic E-state index is 0.129. The summed E-state index contributed by atoms with van der Waals surface area (Å²) in [7, 11) is -3.66. The normalized spacial score (nSPS) is 12.1. The van der Waals surface area contributed by atoms with Crippen molar-refractivity contribution in [3.05, 3.63) is 96.2 Å². The Morgan fingerprint density at radius 3 is 2.29 bits per heavy atom. The maximum atomic E-state index is 12.5. The number of nitrogens with zero attached hydrogens (tertiary/aromatic N) is 1. The molecule has 174 valence electrons. The van der Waals surface area contributed by atoms with Crippen LogP contribution in [-0.4, -0.2) is 24.3 Å². The molecular weight excluding hydrogens is 450 g/mol. The van der Waals surface area contributed by atoms with Gasteiger partial charge in [0, 0.05) is 5.69 Å². The number of nitrogen functional groups attached to an aromatic ring is 1. The standard InChI is InChI=1S/C25H25N5O3S/c1-17(19-9-11-20(12-10-19)23-16-27-25(26)29-23)28-24(31)15-18-7-13-21(14-8-18)30-34(32,33)22-5-3-2-4-6-22/h2-14,16-17,30H,15H2,1H3,(H,28,31)(H3,26,27,29)/t17-/m0/s1. The number of anilines is 2. The molecule has 0 aliphatic heterocycles. The van der Waals surface area contributed by atoms with Crippen molar-refractivity contribution in [1.82, 2.24) is 15.3 Å². The van der Waals surface area contributed by atoms with E-state index in [1.165, 1.54) is 12.1 Å². The largest absolute Gasteiger partial charge is 0.369 e. The third-order valence-corrected chi connectivity index (χ3v) is 6.72. The third-order valence-electron chi connectivity index (χ3n) is 5.32. The molecule has 0 unspecified atom stereocenters. The van der Waals surface area contributed by atoms with Gasteiger partial charge in [0.15, 0.2) is 5.95 Å². The van der Waals surface area contributed by atoms with Gasteiger partial charge in [0.05, 0.1) is 29.2 Å². The van der Waals surface area contributed by atoms with E-state index in [0.29, 0.717) is 11.6 Å². The van der Waals surface area contributed by atoms with Gasteiger partial charge in [0.1, 0.15) is 0 Å². The number of aromatic nitrogens is 2. The summed E-state index contributed by atoms with van der Waals surface area (Å²) >= 11 is 0. The quantitative estimate of drug-likeness (QED) is 0.307. The molecule has 0 spiro atoms. The topological polar surface area (TPSA) is 130 Å². The molecule has 0 bridgehead atoms. The van der Waals surface area contributed by atoms with Crippen molar-refractivity contribution in [3.8, 4) is 11.3 Å². The van der Waals surface area contributed by atoms with E-state index in [1.54, 1.807) is 48.7 Å². The molecule has 4 aromatic rings. The van der Waals surface area contributed by atoms with Crippen LogP contribution >= 0.6 is 0 Å². The number of carbonyl (C=O) groups excluding carboxylic acids is 1. The molecule has 5 N–H and O–H groups in total. The van der Waals surface area contributed by atoms with E-state index < -0.39 is 10.0 Å². The smallest absolute Gasteiger partial charge is 0.261 e. The van der Waals surface area contributed by atoms with Crippen LogP contribution in [0.3, 0.4) is 0 Å². The molecule has 3 aromatic carbocycles. The van der Waals surface area contributed by atoms with Crippen LogP contribution in [-0.2, 0) is 21.2 Å². The summed E-state index contributed by atoms with van der Waals surface area (Å²) in [5.74, 6) is 0.233. The summed E-state index contributed by atoms with van der Waals surface area (Å²) in [6, 6.07) is 22.5. The number of nitrogens with two attached hydrogens (primary N) is 1. The van der Waals surface area contributed by atoms with E-state index in [1.807, 2.05) is 31.2 Å². The number of aromatic amines is 1. The average molecular weight is 476 g/mol. The number of H-pyrrole nitrogens is 1. The van der Waals surface area contributed by atoms with Crippen LogP contribution in [0, 0.1) is 0 Å². The van der Waals surface area contributed by atoms with Crippen molar-refractivity contribution in [1.29, 1.82) is 0 Å². The molecule has 0 aliphatic rings. The number of benzene rings is 3. The number of amides is 1. The second-order valence-corrected chi connectivity index (χ2v) is 9.57.